The molecular weight excluding hydrogens is 216 g/mol. The third-order valence-electron chi connectivity index (χ3n) is 3.52. The first-order valence-corrected chi connectivity index (χ1v) is 6.03. The monoisotopic (exact) mass is 232 g/mol. The van der Waals surface area contributed by atoms with Crippen molar-refractivity contribution in [3.8, 4) is 0 Å². The van der Waals surface area contributed by atoms with Crippen LogP contribution in [0.25, 0.3) is 0 Å². The van der Waals surface area contributed by atoms with Gasteiger partial charge in [-0.05, 0) is 25.0 Å². The van der Waals surface area contributed by atoms with Crippen molar-refractivity contribution >= 4 is 11.6 Å². The molecule has 1 amide bonds. The fourth-order valence-electron chi connectivity index (χ4n) is 2.64. The van der Waals surface area contributed by atoms with Crippen LogP contribution in [-0.4, -0.2) is 36.1 Å². The second-order valence-electron chi connectivity index (χ2n) is 4.75. The molecule has 0 aliphatic carbocycles. The summed E-state index contributed by atoms with van der Waals surface area (Å²) < 4.78 is 5.72. The maximum atomic E-state index is 12.3. The molecule has 2 N–H and O–H groups in total. The van der Waals surface area contributed by atoms with Crippen LogP contribution in [0.15, 0.2) is 24.3 Å². The summed E-state index contributed by atoms with van der Waals surface area (Å²) in [7, 11) is 0. The Morgan fingerprint density at radius 3 is 2.53 bits per heavy atom. The molecule has 2 aliphatic rings. The number of carbonyl (C=O) groups is 1. The number of nitrogens with two attached hydrogens (primary N) is 1. The van der Waals surface area contributed by atoms with Crippen molar-refractivity contribution in [2.75, 3.05) is 18.8 Å². The molecule has 3 rings (SSSR count). The Bertz CT molecular complexity index is 435. The highest BCUT2D eigenvalue weighted by Crippen LogP contribution is 2.27. The number of fused-ring (bicyclic) bond motifs is 2. The molecule has 90 valence electrons. The van der Waals surface area contributed by atoms with E-state index in [-0.39, 0.29) is 18.1 Å². The van der Waals surface area contributed by atoms with E-state index in [9.17, 15) is 4.79 Å². The van der Waals surface area contributed by atoms with Crippen LogP contribution in [0.4, 0.5) is 5.69 Å². The first-order chi connectivity index (χ1) is 8.24. The SMILES string of the molecule is Nc1ccccc1C(=O)N1CC2CCC(C1)O2. The van der Waals surface area contributed by atoms with E-state index in [1.807, 2.05) is 17.0 Å². The van der Waals surface area contributed by atoms with Crippen LogP contribution in [0.2, 0.25) is 0 Å². The molecule has 1 aromatic carbocycles. The number of nitrogens with zero attached hydrogens (tertiary/aromatic N) is 1. The number of rotatable bonds is 1. The average Bonchev–Trinajstić information content (AvgIpc) is 2.68. The van der Waals surface area contributed by atoms with Gasteiger partial charge in [0.05, 0.1) is 17.8 Å². The second-order valence-corrected chi connectivity index (χ2v) is 4.75. The van der Waals surface area contributed by atoms with E-state index < -0.39 is 0 Å². The van der Waals surface area contributed by atoms with Gasteiger partial charge in [0, 0.05) is 18.8 Å². The topological polar surface area (TPSA) is 55.6 Å². The lowest BCUT2D eigenvalue weighted by Crippen LogP contribution is -2.45. The smallest absolute Gasteiger partial charge is 0.256 e. The number of nitrogen functional groups attached to an aromatic ring is 1. The first-order valence-electron chi connectivity index (χ1n) is 6.03. The molecule has 0 saturated carbocycles. The van der Waals surface area contributed by atoms with E-state index >= 15 is 0 Å². The number of amides is 1. The van der Waals surface area contributed by atoms with E-state index in [4.69, 9.17) is 10.5 Å². The van der Waals surface area contributed by atoms with Gasteiger partial charge in [0.2, 0.25) is 0 Å². The number of carbonyl (C=O) groups excluding carboxylic acids is 1. The molecule has 2 atom stereocenters. The first kappa shape index (κ1) is 10.6. The number of ether oxygens (including phenoxy) is 1. The lowest BCUT2D eigenvalue weighted by atomic mass is 10.1. The minimum Gasteiger partial charge on any atom is -0.398 e. The van der Waals surface area contributed by atoms with E-state index in [2.05, 4.69) is 0 Å². The summed E-state index contributed by atoms with van der Waals surface area (Å²) in [5.74, 6) is 0.0308. The molecule has 2 bridgehead atoms. The van der Waals surface area contributed by atoms with E-state index in [1.54, 1.807) is 12.1 Å². The van der Waals surface area contributed by atoms with Crippen molar-refractivity contribution in [3.05, 3.63) is 29.8 Å². The number of para-hydroxylation sites is 1. The molecule has 2 fully saturated rings. The number of hydrogen-bond acceptors (Lipinski definition) is 3. The summed E-state index contributed by atoms with van der Waals surface area (Å²) in [5, 5.41) is 0. The van der Waals surface area contributed by atoms with Crippen LogP contribution in [0.3, 0.4) is 0 Å². The molecule has 4 heteroatoms. The van der Waals surface area contributed by atoms with Gasteiger partial charge in [-0.15, -0.1) is 0 Å². The minimum atomic E-state index is 0.0308. The lowest BCUT2D eigenvalue weighted by Gasteiger charge is -2.32. The van der Waals surface area contributed by atoms with Gasteiger partial charge in [-0.25, -0.2) is 0 Å². The second kappa shape index (κ2) is 4.04. The van der Waals surface area contributed by atoms with Gasteiger partial charge in [0.1, 0.15) is 0 Å². The molecule has 4 nitrogen and oxygen atoms in total. The zero-order chi connectivity index (χ0) is 11.8. The van der Waals surface area contributed by atoms with Crippen LogP contribution in [-0.2, 0) is 4.74 Å². The average molecular weight is 232 g/mol. The highest BCUT2D eigenvalue weighted by molar-refractivity contribution is 5.99. The fourth-order valence-corrected chi connectivity index (χ4v) is 2.64. The van der Waals surface area contributed by atoms with E-state index in [0.29, 0.717) is 24.3 Å². The molecule has 17 heavy (non-hydrogen) atoms. The highest BCUT2D eigenvalue weighted by atomic mass is 16.5. The van der Waals surface area contributed by atoms with Gasteiger partial charge in [-0.1, -0.05) is 12.1 Å². The molecule has 2 unspecified atom stereocenters. The van der Waals surface area contributed by atoms with Crippen molar-refractivity contribution in [1.82, 2.24) is 4.90 Å². The predicted octanol–water partition coefficient (Wildman–Crippen LogP) is 1.27. The van der Waals surface area contributed by atoms with Crippen LogP contribution in [0.5, 0.6) is 0 Å². The number of benzene rings is 1. The summed E-state index contributed by atoms with van der Waals surface area (Å²) in [6.07, 6.45) is 2.59. The number of anilines is 1. The zero-order valence-electron chi connectivity index (χ0n) is 9.63. The molecule has 0 spiro atoms. The minimum absolute atomic E-state index is 0.0308. The van der Waals surface area contributed by atoms with Crippen molar-refractivity contribution in [3.63, 3.8) is 0 Å². The van der Waals surface area contributed by atoms with Crippen molar-refractivity contribution in [2.45, 2.75) is 25.0 Å². The van der Waals surface area contributed by atoms with E-state index in [0.717, 1.165) is 12.8 Å². The van der Waals surface area contributed by atoms with E-state index in [1.165, 1.54) is 0 Å². The lowest BCUT2D eigenvalue weighted by molar-refractivity contribution is -0.0303. The Morgan fingerprint density at radius 1 is 1.24 bits per heavy atom. The zero-order valence-corrected chi connectivity index (χ0v) is 9.63. The van der Waals surface area contributed by atoms with Crippen LogP contribution < -0.4 is 5.73 Å². The quantitative estimate of drug-likeness (QED) is 0.742. The van der Waals surface area contributed by atoms with Gasteiger partial charge in [-0.3, -0.25) is 4.79 Å². The Morgan fingerprint density at radius 2 is 1.88 bits per heavy atom. The van der Waals surface area contributed by atoms with Crippen LogP contribution in [0, 0.1) is 0 Å². The number of hydrogen-bond donors (Lipinski definition) is 1. The largest absolute Gasteiger partial charge is 0.398 e. The molecule has 2 aliphatic heterocycles. The summed E-state index contributed by atoms with van der Waals surface area (Å²) in [6, 6.07) is 7.24. The molecular formula is C13H16N2O2. The maximum Gasteiger partial charge on any atom is 0.256 e. The molecule has 2 heterocycles. The molecule has 0 radical (unpaired) electrons. The van der Waals surface area contributed by atoms with Crippen molar-refractivity contribution in [2.24, 2.45) is 0 Å². The van der Waals surface area contributed by atoms with Gasteiger partial charge >= 0.3 is 0 Å². The third-order valence-corrected chi connectivity index (χ3v) is 3.52. The number of likely N-dealkylation sites (tertiary alicyclic amines) is 1. The Kier molecular flexibility index (Phi) is 2.52. The van der Waals surface area contributed by atoms with Crippen LogP contribution >= 0.6 is 0 Å². The predicted molar refractivity (Wildman–Crippen MR) is 64.7 cm³/mol. The van der Waals surface area contributed by atoms with Gasteiger partial charge in [0.15, 0.2) is 0 Å². The van der Waals surface area contributed by atoms with Crippen molar-refractivity contribution < 1.29 is 9.53 Å². The van der Waals surface area contributed by atoms with Gasteiger partial charge < -0.3 is 15.4 Å². The highest BCUT2D eigenvalue weighted by Gasteiger charge is 2.36. The fraction of sp³-hybridized carbons (Fsp3) is 0.462. The molecule has 0 aromatic heterocycles. The van der Waals surface area contributed by atoms with Gasteiger partial charge in [0.25, 0.3) is 5.91 Å². The normalized spacial score (nSPS) is 27.2. The Balaban J connectivity index is 1.81. The maximum absolute atomic E-state index is 12.3. The Hall–Kier alpha value is -1.55. The summed E-state index contributed by atoms with van der Waals surface area (Å²) in [5.41, 5.74) is 6.99. The summed E-state index contributed by atoms with van der Waals surface area (Å²) in [4.78, 5) is 14.2. The third kappa shape index (κ3) is 1.89. The summed E-state index contributed by atoms with van der Waals surface area (Å²) in [6.45, 7) is 1.40. The number of morpholine rings is 1. The molecule has 2 saturated heterocycles. The van der Waals surface area contributed by atoms with Crippen molar-refractivity contribution in [1.29, 1.82) is 0 Å². The summed E-state index contributed by atoms with van der Waals surface area (Å²) >= 11 is 0. The molecule has 1 aromatic rings. The van der Waals surface area contributed by atoms with Crippen LogP contribution in [0.1, 0.15) is 23.2 Å². The van der Waals surface area contributed by atoms with Gasteiger partial charge in [-0.2, -0.15) is 0 Å². The Labute approximate surface area is 100 Å². The standard InChI is InChI=1S/C13H16N2O2/c14-12-4-2-1-3-11(12)13(16)15-7-9-5-6-10(8-15)17-9/h1-4,9-10H,5-8,14H2.